The van der Waals surface area contributed by atoms with E-state index in [1.165, 1.54) is 0 Å². The van der Waals surface area contributed by atoms with Crippen LogP contribution in [0.3, 0.4) is 0 Å². The summed E-state index contributed by atoms with van der Waals surface area (Å²) in [5, 5.41) is 8.26. The van der Waals surface area contributed by atoms with Gasteiger partial charge in [-0.15, -0.1) is 0 Å². The lowest BCUT2D eigenvalue weighted by atomic mass is 10.1. The summed E-state index contributed by atoms with van der Waals surface area (Å²) >= 11 is 0. The van der Waals surface area contributed by atoms with Gasteiger partial charge in [0.25, 0.3) is 11.5 Å². The number of rotatable bonds is 7. The molecule has 0 aliphatic rings. The molecule has 3 heterocycles. The average Bonchev–Trinajstić information content (AvgIpc) is 3.34. The Morgan fingerprint density at radius 2 is 1.67 bits per heavy atom. The first-order chi connectivity index (χ1) is 17.5. The zero-order chi connectivity index (χ0) is 25.1. The Kier molecular flexibility index (Phi) is 6.45. The third kappa shape index (κ3) is 4.81. The van der Waals surface area contributed by atoms with Gasteiger partial charge in [-0.25, -0.2) is 9.67 Å². The lowest BCUT2D eigenvalue weighted by Gasteiger charge is -2.11. The Morgan fingerprint density at radius 3 is 2.39 bits per heavy atom. The van der Waals surface area contributed by atoms with Crippen LogP contribution < -0.4 is 10.9 Å². The molecule has 36 heavy (non-hydrogen) atoms. The number of fused-ring (bicyclic) bond motifs is 1. The zero-order valence-corrected chi connectivity index (χ0v) is 20.3. The number of carbonyl (C=O) groups is 1. The van der Waals surface area contributed by atoms with Crippen LogP contribution in [0.5, 0.6) is 0 Å². The second kappa shape index (κ2) is 10.00. The number of pyridine rings is 2. The smallest absolute Gasteiger partial charge is 0.252 e. The quantitative estimate of drug-likeness (QED) is 0.364. The summed E-state index contributed by atoms with van der Waals surface area (Å²) in [4.78, 5) is 30.1. The molecule has 0 aliphatic heterocycles. The number of carbonyl (C=O) groups excluding carboxylic acids is 1. The number of benzene rings is 2. The fourth-order valence-corrected chi connectivity index (χ4v) is 4.17. The summed E-state index contributed by atoms with van der Waals surface area (Å²) in [6.45, 7) is 4.97. The molecule has 5 aromatic rings. The maximum Gasteiger partial charge on any atom is 0.252 e. The Morgan fingerprint density at radius 1 is 0.944 bits per heavy atom. The maximum atomic E-state index is 13.3. The highest BCUT2D eigenvalue weighted by molar-refractivity contribution is 6.06. The fourth-order valence-electron chi connectivity index (χ4n) is 4.17. The van der Waals surface area contributed by atoms with Gasteiger partial charge >= 0.3 is 0 Å². The van der Waals surface area contributed by atoms with Gasteiger partial charge in [-0.05, 0) is 37.1 Å². The van der Waals surface area contributed by atoms with E-state index >= 15 is 0 Å². The van der Waals surface area contributed by atoms with Gasteiger partial charge in [-0.1, -0.05) is 60.7 Å². The van der Waals surface area contributed by atoms with Gasteiger partial charge in [-0.2, -0.15) is 5.10 Å². The van der Waals surface area contributed by atoms with Gasteiger partial charge in [-0.3, -0.25) is 9.59 Å². The van der Waals surface area contributed by atoms with Gasteiger partial charge in [0.15, 0.2) is 5.65 Å². The lowest BCUT2D eigenvalue weighted by molar-refractivity contribution is 0.0952. The van der Waals surface area contributed by atoms with Crippen LogP contribution in [0.25, 0.3) is 22.3 Å². The maximum absolute atomic E-state index is 13.3. The summed E-state index contributed by atoms with van der Waals surface area (Å²) in [7, 11) is 0. The molecule has 1 N–H and O–H groups in total. The van der Waals surface area contributed by atoms with Crippen LogP contribution in [0.4, 0.5) is 0 Å². The summed E-state index contributed by atoms with van der Waals surface area (Å²) in [6, 6.07) is 24.8. The SMILES string of the molecule is CC(C)n1ncc2c(C(=O)NCc3ccc(Cn4ccccc4=O)cc3)cc(-c3ccccc3)nc21. The molecule has 0 fully saturated rings. The number of nitrogens with one attached hydrogen (secondary N) is 1. The van der Waals surface area contributed by atoms with E-state index in [0.29, 0.717) is 24.3 Å². The normalized spacial score (nSPS) is 11.2. The highest BCUT2D eigenvalue weighted by Crippen LogP contribution is 2.26. The summed E-state index contributed by atoms with van der Waals surface area (Å²) in [5.41, 5.74) is 4.87. The Hall–Kier alpha value is -4.52. The van der Waals surface area contributed by atoms with Crippen LogP contribution >= 0.6 is 0 Å². The van der Waals surface area contributed by atoms with E-state index in [1.807, 2.05) is 85.3 Å². The third-order valence-electron chi connectivity index (χ3n) is 6.10. The predicted molar refractivity (Wildman–Crippen MR) is 141 cm³/mol. The molecular formula is C29H27N5O2. The standard InChI is InChI=1S/C29H27N5O2/c1-20(2)34-28-25(18-31-34)24(16-26(32-28)23-8-4-3-5-9-23)29(36)30-17-21-11-13-22(14-12-21)19-33-15-7-6-10-27(33)35/h3-16,18,20H,17,19H2,1-2H3,(H,30,36). The first-order valence-electron chi connectivity index (χ1n) is 11.9. The molecule has 0 radical (unpaired) electrons. The molecule has 0 saturated heterocycles. The molecule has 180 valence electrons. The molecule has 0 bridgehead atoms. The Labute approximate surface area is 209 Å². The summed E-state index contributed by atoms with van der Waals surface area (Å²) < 4.78 is 3.50. The zero-order valence-electron chi connectivity index (χ0n) is 20.3. The van der Waals surface area contributed by atoms with Crippen molar-refractivity contribution in [3.05, 3.63) is 118 Å². The van der Waals surface area contributed by atoms with Crippen LogP contribution in [0.15, 0.2) is 96.1 Å². The van der Waals surface area contributed by atoms with Crippen molar-refractivity contribution in [1.82, 2.24) is 24.6 Å². The molecule has 0 spiro atoms. The van der Waals surface area contributed by atoms with Crippen LogP contribution in [0.1, 0.15) is 41.4 Å². The number of amides is 1. The number of hydrogen-bond donors (Lipinski definition) is 1. The average molecular weight is 478 g/mol. The van der Waals surface area contributed by atoms with Crippen molar-refractivity contribution in [3.8, 4) is 11.3 Å². The molecule has 0 aliphatic carbocycles. The molecule has 2 aromatic carbocycles. The van der Waals surface area contributed by atoms with E-state index in [1.54, 1.807) is 29.1 Å². The van der Waals surface area contributed by atoms with Crippen molar-refractivity contribution in [2.45, 2.75) is 33.0 Å². The second-order valence-electron chi connectivity index (χ2n) is 9.01. The van der Waals surface area contributed by atoms with Gasteiger partial charge in [0, 0.05) is 30.4 Å². The molecule has 0 atom stereocenters. The summed E-state index contributed by atoms with van der Waals surface area (Å²) in [6.07, 6.45) is 3.49. The van der Waals surface area contributed by atoms with Crippen molar-refractivity contribution in [2.75, 3.05) is 0 Å². The molecule has 5 rings (SSSR count). The first kappa shape index (κ1) is 23.2. The topological polar surface area (TPSA) is 81.8 Å². The van der Waals surface area contributed by atoms with Crippen molar-refractivity contribution >= 4 is 16.9 Å². The van der Waals surface area contributed by atoms with Crippen LogP contribution in [0, 0.1) is 0 Å². The van der Waals surface area contributed by atoms with E-state index in [9.17, 15) is 9.59 Å². The highest BCUT2D eigenvalue weighted by atomic mass is 16.1. The van der Waals surface area contributed by atoms with Crippen LogP contribution in [-0.4, -0.2) is 25.2 Å². The first-order valence-corrected chi connectivity index (χ1v) is 11.9. The Bertz CT molecular complexity index is 1570. The molecule has 1 amide bonds. The van der Waals surface area contributed by atoms with E-state index in [2.05, 4.69) is 10.4 Å². The third-order valence-corrected chi connectivity index (χ3v) is 6.10. The van der Waals surface area contributed by atoms with Gasteiger partial charge in [0.2, 0.25) is 0 Å². The minimum Gasteiger partial charge on any atom is -0.348 e. The Balaban J connectivity index is 1.37. The largest absolute Gasteiger partial charge is 0.348 e. The van der Waals surface area contributed by atoms with Gasteiger partial charge in [0.1, 0.15) is 0 Å². The number of nitrogens with zero attached hydrogens (tertiary/aromatic N) is 4. The number of hydrogen-bond acceptors (Lipinski definition) is 4. The molecule has 7 nitrogen and oxygen atoms in total. The monoisotopic (exact) mass is 477 g/mol. The van der Waals surface area contributed by atoms with Crippen LogP contribution in [0.2, 0.25) is 0 Å². The minimum absolute atomic E-state index is 0.0341. The molecule has 0 saturated carbocycles. The summed E-state index contributed by atoms with van der Waals surface area (Å²) in [5.74, 6) is -0.178. The molecule has 0 unspecified atom stereocenters. The van der Waals surface area contributed by atoms with Crippen molar-refractivity contribution in [3.63, 3.8) is 0 Å². The minimum atomic E-state index is -0.178. The molecular weight excluding hydrogens is 450 g/mol. The lowest BCUT2D eigenvalue weighted by Crippen LogP contribution is -2.23. The fraction of sp³-hybridized carbons (Fsp3) is 0.172. The van der Waals surface area contributed by atoms with Crippen molar-refractivity contribution in [2.24, 2.45) is 0 Å². The van der Waals surface area contributed by atoms with Gasteiger partial charge < -0.3 is 9.88 Å². The van der Waals surface area contributed by atoms with Crippen molar-refractivity contribution in [1.29, 1.82) is 0 Å². The second-order valence-corrected chi connectivity index (χ2v) is 9.01. The van der Waals surface area contributed by atoms with E-state index < -0.39 is 0 Å². The molecule has 3 aromatic heterocycles. The number of aromatic nitrogens is 4. The van der Waals surface area contributed by atoms with E-state index in [-0.39, 0.29) is 17.5 Å². The highest BCUT2D eigenvalue weighted by Gasteiger charge is 2.18. The van der Waals surface area contributed by atoms with E-state index in [0.717, 1.165) is 27.8 Å². The van der Waals surface area contributed by atoms with Crippen LogP contribution in [-0.2, 0) is 13.1 Å². The van der Waals surface area contributed by atoms with Gasteiger partial charge in [0.05, 0.1) is 29.4 Å². The molecule has 7 heteroatoms. The van der Waals surface area contributed by atoms with E-state index in [4.69, 9.17) is 4.98 Å². The van der Waals surface area contributed by atoms with Crippen molar-refractivity contribution < 1.29 is 4.79 Å². The predicted octanol–water partition coefficient (Wildman–Crippen LogP) is 4.82.